The topological polar surface area (TPSA) is 82.2 Å². The highest BCUT2D eigenvalue weighted by Crippen LogP contribution is 2.27. The molecule has 2 aromatic rings. The quantitative estimate of drug-likeness (QED) is 0.639. The van der Waals surface area contributed by atoms with E-state index in [1.807, 2.05) is 23.9 Å². The first-order chi connectivity index (χ1) is 9.65. The van der Waals surface area contributed by atoms with Crippen LogP contribution in [0.3, 0.4) is 0 Å². The first kappa shape index (κ1) is 14.0. The number of hydrogen-bond acceptors (Lipinski definition) is 5. The summed E-state index contributed by atoms with van der Waals surface area (Å²) in [6.45, 7) is 1.17. The molecule has 1 N–H and O–H groups in total. The third-order valence-electron chi connectivity index (χ3n) is 2.93. The monoisotopic (exact) mass is 276 g/mol. The maximum Gasteiger partial charge on any atom is 0.311 e. The zero-order valence-electron chi connectivity index (χ0n) is 11.4. The minimum absolute atomic E-state index is 0.0275. The van der Waals surface area contributed by atoms with E-state index in [1.165, 1.54) is 13.2 Å². The van der Waals surface area contributed by atoms with Crippen molar-refractivity contribution < 1.29 is 9.66 Å². The van der Waals surface area contributed by atoms with E-state index in [4.69, 9.17) is 4.74 Å². The molecule has 0 saturated carbocycles. The Morgan fingerprint density at radius 2 is 2.30 bits per heavy atom. The third kappa shape index (κ3) is 2.94. The third-order valence-corrected chi connectivity index (χ3v) is 2.93. The van der Waals surface area contributed by atoms with E-state index in [-0.39, 0.29) is 11.4 Å². The highest BCUT2D eigenvalue weighted by molar-refractivity contribution is 5.48. The van der Waals surface area contributed by atoms with Gasteiger partial charge in [-0.15, -0.1) is 0 Å². The van der Waals surface area contributed by atoms with Gasteiger partial charge < -0.3 is 14.6 Å². The molecular formula is C13H16N4O3. The van der Waals surface area contributed by atoms with Crippen molar-refractivity contribution in [2.75, 3.05) is 14.2 Å². The fraction of sp³-hybridized carbons (Fsp3) is 0.308. The molecule has 0 amide bonds. The fourth-order valence-electron chi connectivity index (χ4n) is 1.98. The molecule has 0 saturated heterocycles. The minimum Gasteiger partial charge on any atom is -0.490 e. The number of benzene rings is 1. The second-order valence-electron chi connectivity index (χ2n) is 4.27. The van der Waals surface area contributed by atoms with Gasteiger partial charge >= 0.3 is 5.69 Å². The van der Waals surface area contributed by atoms with Crippen LogP contribution < -0.4 is 10.1 Å². The highest BCUT2D eigenvalue weighted by atomic mass is 16.6. The van der Waals surface area contributed by atoms with E-state index < -0.39 is 4.92 Å². The van der Waals surface area contributed by atoms with Crippen LogP contribution in [-0.2, 0) is 13.1 Å². The Balaban J connectivity index is 2.27. The lowest BCUT2D eigenvalue weighted by Crippen LogP contribution is -2.12. The van der Waals surface area contributed by atoms with Crippen molar-refractivity contribution in [1.29, 1.82) is 0 Å². The standard InChI is InChI=1S/C13H16N4O3/c1-14-8-13-15-5-6-16(13)9-10-3-4-12(20-2)11(7-10)17(18)19/h3-7,14H,8-9H2,1-2H3. The number of imidazole rings is 1. The SMILES string of the molecule is CNCc1nccn1Cc1ccc(OC)c([N+](=O)[O-])c1. The summed E-state index contributed by atoms with van der Waals surface area (Å²) in [6, 6.07) is 4.96. The highest BCUT2D eigenvalue weighted by Gasteiger charge is 2.15. The number of aromatic nitrogens is 2. The van der Waals surface area contributed by atoms with Gasteiger partial charge in [0.05, 0.1) is 18.6 Å². The molecule has 1 aromatic carbocycles. The summed E-state index contributed by atoms with van der Waals surface area (Å²) < 4.78 is 6.93. The number of nitro benzene ring substituents is 1. The van der Waals surface area contributed by atoms with Gasteiger partial charge in [0.25, 0.3) is 0 Å². The Hall–Kier alpha value is -2.41. The van der Waals surface area contributed by atoms with Gasteiger partial charge in [0.2, 0.25) is 0 Å². The van der Waals surface area contributed by atoms with Crippen LogP contribution >= 0.6 is 0 Å². The normalized spacial score (nSPS) is 10.5. The average Bonchev–Trinajstić information content (AvgIpc) is 2.86. The molecule has 0 bridgehead atoms. The first-order valence-electron chi connectivity index (χ1n) is 6.11. The van der Waals surface area contributed by atoms with Crippen LogP contribution in [0.5, 0.6) is 5.75 Å². The zero-order chi connectivity index (χ0) is 14.5. The summed E-state index contributed by atoms with van der Waals surface area (Å²) >= 11 is 0. The smallest absolute Gasteiger partial charge is 0.311 e. The Labute approximate surface area is 116 Å². The van der Waals surface area contributed by atoms with Crippen LogP contribution in [0, 0.1) is 10.1 Å². The lowest BCUT2D eigenvalue weighted by molar-refractivity contribution is -0.385. The lowest BCUT2D eigenvalue weighted by Gasteiger charge is -2.09. The summed E-state index contributed by atoms with van der Waals surface area (Å²) in [5.41, 5.74) is 0.799. The number of nitrogens with zero attached hydrogens (tertiary/aromatic N) is 3. The molecule has 0 fully saturated rings. The molecule has 2 rings (SSSR count). The maximum absolute atomic E-state index is 11.0. The van der Waals surface area contributed by atoms with Crippen LogP contribution in [-0.4, -0.2) is 28.6 Å². The van der Waals surface area contributed by atoms with Gasteiger partial charge in [-0.2, -0.15) is 0 Å². The van der Waals surface area contributed by atoms with Crippen molar-refractivity contribution in [1.82, 2.24) is 14.9 Å². The fourth-order valence-corrected chi connectivity index (χ4v) is 1.98. The molecule has 0 aliphatic rings. The molecule has 1 aromatic heterocycles. The largest absolute Gasteiger partial charge is 0.490 e. The summed E-state index contributed by atoms with van der Waals surface area (Å²) in [4.78, 5) is 14.8. The molecule has 0 unspecified atom stereocenters. The molecule has 106 valence electrons. The van der Waals surface area contributed by atoms with Crippen molar-refractivity contribution in [3.63, 3.8) is 0 Å². The Bertz CT molecular complexity index is 609. The predicted octanol–water partition coefficient (Wildman–Crippen LogP) is 1.57. The molecule has 20 heavy (non-hydrogen) atoms. The van der Waals surface area contributed by atoms with Crippen molar-refractivity contribution in [2.24, 2.45) is 0 Å². The van der Waals surface area contributed by atoms with Crippen LogP contribution in [0.1, 0.15) is 11.4 Å². The molecule has 0 atom stereocenters. The zero-order valence-corrected chi connectivity index (χ0v) is 11.4. The van der Waals surface area contributed by atoms with E-state index in [2.05, 4.69) is 10.3 Å². The summed E-state index contributed by atoms with van der Waals surface area (Å²) in [5, 5.41) is 14.0. The van der Waals surface area contributed by atoms with E-state index in [0.717, 1.165) is 11.4 Å². The molecule has 0 aliphatic heterocycles. The molecule has 7 heteroatoms. The number of hydrogen-bond donors (Lipinski definition) is 1. The first-order valence-corrected chi connectivity index (χ1v) is 6.11. The number of rotatable bonds is 6. The predicted molar refractivity (Wildman–Crippen MR) is 73.7 cm³/mol. The van der Waals surface area contributed by atoms with Crippen molar-refractivity contribution in [3.8, 4) is 5.75 Å². The number of nitrogens with one attached hydrogen (secondary N) is 1. The summed E-state index contributed by atoms with van der Waals surface area (Å²) in [5.74, 6) is 1.14. The Kier molecular flexibility index (Phi) is 4.31. The van der Waals surface area contributed by atoms with Gasteiger partial charge in [-0.3, -0.25) is 10.1 Å². The number of ether oxygens (including phenoxy) is 1. The van der Waals surface area contributed by atoms with Crippen molar-refractivity contribution in [3.05, 3.63) is 52.1 Å². The van der Waals surface area contributed by atoms with Crippen LogP contribution in [0.25, 0.3) is 0 Å². The van der Waals surface area contributed by atoms with Crippen LogP contribution in [0.2, 0.25) is 0 Å². The minimum atomic E-state index is -0.440. The van der Waals surface area contributed by atoms with Crippen molar-refractivity contribution >= 4 is 5.69 Å². The molecule has 1 heterocycles. The van der Waals surface area contributed by atoms with Gasteiger partial charge in [0.1, 0.15) is 5.82 Å². The lowest BCUT2D eigenvalue weighted by atomic mass is 10.2. The summed E-state index contributed by atoms with van der Waals surface area (Å²) in [6.07, 6.45) is 3.56. The number of nitro groups is 1. The van der Waals surface area contributed by atoms with Gasteiger partial charge in [-0.1, -0.05) is 6.07 Å². The molecular weight excluding hydrogens is 260 g/mol. The van der Waals surface area contributed by atoms with Gasteiger partial charge in [0.15, 0.2) is 5.75 Å². The van der Waals surface area contributed by atoms with E-state index in [0.29, 0.717) is 13.1 Å². The Morgan fingerprint density at radius 3 is 2.95 bits per heavy atom. The second-order valence-corrected chi connectivity index (χ2v) is 4.27. The average molecular weight is 276 g/mol. The molecule has 0 aliphatic carbocycles. The number of methoxy groups -OCH3 is 1. The molecule has 0 radical (unpaired) electrons. The van der Waals surface area contributed by atoms with E-state index in [9.17, 15) is 10.1 Å². The van der Waals surface area contributed by atoms with E-state index >= 15 is 0 Å². The molecule has 7 nitrogen and oxygen atoms in total. The van der Waals surface area contributed by atoms with Crippen LogP contribution in [0.4, 0.5) is 5.69 Å². The second kappa shape index (κ2) is 6.16. The van der Waals surface area contributed by atoms with Crippen LogP contribution in [0.15, 0.2) is 30.6 Å². The van der Waals surface area contributed by atoms with Crippen molar-refractivity contribution in [2.45, 2.75) is 13.1 Å². The van der Waals surface area contributed by atoms with Gasteiger partial charge in [-0.25, -0.2) is 4.98 Å². The Morgan fingerprint density at radius 1 is 1.50 bits per heavy atom. The molecule has 0 spiro atoms. The summed E-state index contributed by atoms with van der Waals surface area (Å²) in [7, 11) is 3.26. The van der Waals surface area contributed by atoms with E-state index in [1.54, 1.807) is 12.3 Å². The van der Waals surface area contributed by atoms with Gasteiger partial charge in [-0.05, 0) is 18.7 Å². The van der Waals surface area contributed by atoms with Gasteiger partial charge in [0, 0.05) is 25.0 Å². The maximum atomic E-state index is 11.0.